The summed E-state index contributed by atoms with van der Waals surface area (Å²) in [5.74, 6) is -0.543. The van der Waals surface area contributed by atoms with E-state index in [1.54, 1.807) is 0 Å². The smallest absolute Gasteiger partial charge is 0.310 e. The Labute approximate surface area is 96.4 Å². The van der Waals surface area contributed by atoms with Gasteiger partial charge in [-0.2, -0.15) is 0 Å². The van der Waals surface area contributed by atoms with Gasteiger partial charge >= 0.3 is 5.97 Å². The van der Waals surface area contributed by atoms with Gasteiger partial charge in [-0.15, -0.1) is 0 Å². The number of aromatic nitrogens is 1. The highest BCUT2D eigenvalue weighted by molar-refractivity contribution is 6.30. The van der Waals surface area contributed by atoms with Crippen LogP contribution in [0, 0.1) is 6.92 Å². The largest absolute Gasteiger partial charge is 0.469 e. The molecule has 3 nitrogen and oxygen atoms in total. The van der Waals surface area contributed by atoms with E-state index in [0.29, 0.717) is 0 Å². The Balaban J connectivity index is 3.16. The Morgan fingerprint density at radius 2 is 2.25 bits per heavy atom. The SMILES string of the molecule is COC(=O)Cc1c(Cl)ncc(C(F)F)c1C. The lowest BCUT2D eigenvalue weighted by Crippen LogP contribution is -2.09. The monoisotopic (exact) mass is 249 g/mol. The lowest BCUT2D eigenvalue weighted by molar-refractivity contribution is -0.139. The van der Waals surface area contributed by atoms with Gasteiger partial charge in [0.2, 0.25) is 0 Å². The van der Waals surface area contributed by atoms with Gasteiger partial charge in [0.05, 0.1) is 13.5 Å². The van der Waals surface area contributed by atoms with E-state index in [2.05, 4.69) is 9.72 Å². The van der Waals surface area contributed by atoms with Crippen molar-refractivity contribution in [1.82, 2.24) is 4.98 Å². The first kappa shape index (κ1) is 12.8. The summed E-state index contributed by atoms with van der Waals surface area (Å²) < 4.78 is 29.6. The van der Waals surface area contributed by atoms with Crippen molar-refractivity contribution < 1.29 is 18.3 Å². The molecule has 6 heteroatoms. The van der Waals surface area contributed by atoms with Crippen molar-refractivity contribution in [2.24, 2.45) is 0 Å². The molecule has 0 bridgehead atoms. The maximum Gasteiger partial charge on any atom is 0.310 e. The molecule has 0 atom stereocenters. The number of halogens is 3. The number of carbonyl (C=O) groups excluding carboxylic acids is 1. The minimum atomic E-state index is -2.64. The Morgan fingerprint density at radius 3 is 2.75 bits per heavy atom. The predicted octanol–water partition coefficient (Wildman–Crippen LogP) is 2.70. The maximum absolute atomic E-state index is 12.6. The summed E-state index contributed by atoms with van der Waals surface area (Å²) in [6.45, 7) is 1.48. The van der Waals surface area contributed by atoms with Crippen molar-refractivity contribution in [2.75, 3.05) is 7.11 Å². The highest BCUT2D eigenvalue weighted by atomic mass is 35.5. The van der Waals surface area contributed by atoms with Gasteiger partial charge in [0.1, 0.15) is 5.15 Å². The molecule has 0 aliphatic carbocycles. The van der Waals surface area contributed by atoms with Crippen LogP contribution in [-0.4, -0.2) is 18.1 Å². The van der Waals surface area contributed by atoms with Gasteiger partial charge in [0, 0.05) is 17.3 Å². The molecule has 0 saturated carbocycles. The van der Waals surface area contributed by atoms with Gasteiger partial charge in [0.15, 0.2) is 0 Å². The van der Waals surface area contributed by atoms with Crippen LogP contribution in [0.15, 0.2) is 6.20 Å². The summed E-state index contributed by atoms with van der Waals surface area (Å²) in [4.78, 5) is 14.7. The molecule has 0 amide bonds. The quantitative estimate of drug-likeness (QED) is 0.611. The summed E-state index contributed by atoms with van der Waals surface area (Å²) in [6, 6.07) is 0. The molecule has 1 heterocycles. The van der Waals surface area contributed by atoms with Crippen molar-refractivity contribution in [2.45, 2.75) is 19.8 Å². The number of hydrogen-bond acceptors (Lipinski definition) is 3. The highest BCUT2D eigenvalue weighted by Gasteiger charge is 2.18. The number of carbonyl (C=O) groups is 1. The van der Waals surface area contributed by atoms with Crippen molar-refractivity contribution >= 4 is 17.6 Å². The molecule has 0 N–H and O–H groups in total. The molecule has 88 valence electrons. The van der Waals surface area contributed by atoms with Crippen LogP contribution in [0.1, 0.15) is 23.1 Å². The summed E-state index contributed by atoms with van der Waals surface area (Å²) in [7, 11) is 1.22. The first-order valence-electron chi connectivity index (χ1n) is 4.46. The average Bonchev–Trinajstić information content (AvgIpc) is 2.23. The molecular formula is C10H10ClF2NO2. The maximum atomic E-state index is 12.6. The second-order valence-corrected chi connectivity index (χ2v) is 3.52. The molecule has 16 heavy (non-hydrogen) atoms. The number of alkyl halides is 2. The first-order valence-corrected chi connectivity index (χ1v) is 4.84. The molecule has 0 radical (unpaired) electrons. The van der Waals surface area contributed by atoms with Crippen molar-refractivity contribution in [1.29, 1.82) is 0 Å². The van der Waals surface area contributed by atoms with Crippen LogP contribution in [0.2, 0.25) is 5.15 Å². The third kappa shape index (κ3) is 2.66. The number of pyridine rings is 1. The zero-order chi connectivity index (χ0) is 12.3. The van der Waals surface area contributed by atoms with Gasteiger partial charge in [-0.1, -0.05) is 11.6 Å². The molecule has 1 aromatic rings. The zero-order valence-corrected chi connectivity index (χ0v) is 9.52. The van der Waals surface area contributed by atoms with Crippen LogP contribution in [-0.2, 0) is 16.0 Å². The van der Waals surface area contributed by atoms with Gasteiger partial charge in [-0.05, 0) is 12.5 Å². The number of rotatable bonds is 3. The summed E-state index contributed by atoms with van der Waals surface area (Å²) in [5.41, 5.74) is 0.343. The molecule has 0 spiro atoms. The van der Waals surface area contributed by atoms with Crippen LogP contribution in [0.5, 0.6) is 0 Å². The number of esters is 1. The van der Waals surface area contributed by atoms with Gasteiger partial charge in [0.25, 0.3) is 6.43 Å². The third-order valence-electron chi connectivity index (χ3n) is 2.24. The van der Waals surface area contributed by atoms with Crippen molar-refractivity contribution in [3.8, 4) is 0 Å². The fraction of sp³-hybridized carbons (Fsp3) is 0.400. The highest BCUT2D eigenvalue weighted by Crippen LogP contribution is 2.28. The van der Waals surface area contributed by atoms with E-state index in [1.807, 2.05) is 0 Å². The lowest BCUT2D eigenvalue weighted by atomic mass is 10.0. The minimum Gasteiger partial charge on any atom is -0.469 e. The second-order valence-electron chi connectivity index (χ2n) is 3.16. The number of nitrogens with zero attached hydrogens (tertiary/aromatic N) is 1. The number of methoxy groups -OCH3 is 1. The van der Waals surface area contributed by atoms with Gasteiger partial charge < -0.3 is 4.74 Å². The Bertz CT molecular complexity index is 410. The normalized spacial score (nSPS) is 10.6. The summed E-state index contributed by atoms with van der Waals surface area (Å²) in [5, 5.41) is 0.0484. The standard InChI is InChI=1S/C10H10ClF2NO2/c1-5-6(3-8(15)16-2)9(11)14-4-7(5)10(12)13/h4,10H,3H2,1-2H3. The molecule has 0 aliphatic rings. The molecule has 0 aromatic carbocycles. The van der Waals surface area contributed by atoms with E-state index < -0.39 is 12.4 Å². The Hall–Kier alpha value is -1.23. The number of hydrogen-bond donors (Lipinski definition) is 0. The van der Waals surface area contributed by atoms with E-state index in [0.717, 1.165) is 6.20 Å². The van der Waals surface area contributed by atoms with Crippen LogP contribution in [0.25, 0.3) is 0 Å². The zero-order valence-electron chi connectivity index (χ0n) is 8.76. The Kier molecular flexibility index (Phi) is 4.18. The third-order valence-corrected chi connectivity index (χ3v) is 2.56. The Morgan fingerprint density at radius 1 is 1.62 bits per heavy atom. The fourth-order valence-electron chi connectivity index (χ4n) is 1.27. The van der Waals surface area contributed by atoms with Crippen LogP contribution >= 0.6 is 11.6 Å². The van der Waals surface area contributed by atoms with E-state index in [9.17, 15) is 13.6 Å². The van der Waals surface area contributed by atoms with E-state index in [-0.39, 0.29) is 28.3 Å². The minimum absolute atomic E-state index is 0.0484. The second kappa shape index (κ2) is 5.21. The average molecular weight is 250 g/mol. The molecule has 0 unspecified atom stereocenters. The predicted molar refractivity (Wildman–Crippen MR) is 54.7 cm³/mol. The van der Waals surface area contributed by atoms with E-state index in [4.69, 9.17) is 11.6 Å². The number of ether oxygens (including phenoxy) is 1. The van der Waals surface area contributed by atoms with Crippen LogP contribution < -0.4 is 0 Å². The molecular weight excluding hydrogens is 240 g/mol. The molecule has 0 saturated heterocycles. The lowest BCUT2D eigenvalue weighted by Gasteiger charge is -2.10. The van der Waals surface area contributed by atoms with Crippen LogP contribution in [0.3, 0.4) is 0 Å². The van der Waals surface area contributed by atoms with Gasteiger partial charge in [-0.25, -0.2) is 13.8 Å². The van der Waals surface area contributed by atoms with E-state index >= 15 is 0 Å². The molecule has 1 aromatic heterocycles. The van der Waals surface area contributed by atoms with Gasteiger partial charge in [-0.3, -0.25) is 4.79 Å². The van der Waals surface area contributed by atoms with Crippen molar-refractivity contribution in [3.63, 3.8) is 0 Å². The molecule has 0 aliphatic heterocycles. The summed E-state index contributed by atoms with van der Waals surface area (Å²) >= 11 is 5.74. The van der Waals surface area contributed by atoms with E-state index in [1.165, 1.54) is 14.0 Å². The fourth-order valence-corrected chi connectivity index (χ4v) is 1.53. The summed E-state index contributed by atoms with van der Waals surface area (Å²) in [6.07, 6.45) is -1.78. The van der Waals surface area contributed by atoms with Crippen molar-refractivity contribution in [3.05, 3.63) is 28.0 Å². The van der Waals surface area contributed by atoms with Crippen LogP contribution in [0.4, 0.5) is 8.78 Å². The topological polar surface area (TPSA) is 39.2 Å². The molecule has 1 rings (SSSR count). The molecule has 0 fully saturated rings. The first-order chi connectivity index (χ1) is 7.47.